The van der Waals surface area contributed by atoms with Crippen LogP contribution in [0.2, 0.25) is 0 Å². The van der Waals surface area contributed by atoms with Gasteiger partial charge in [-0.05, 0) is 49.1 Å². The van der Waals surface area contributed by atoms with Crippen molar-refractivity contribution in [1.29, 1.82) is 0 Å². The van der Waals surface area contributed by atoms with E-state index in [1.54, 1.807) is 12.1 Å². The van der Waals surface area contributed by atoms with Gasteiger partial charge in [0.05, 0.1) is 5.69 Å². The third-order valence-corrected chi connectivity index (χ3v) is 5.39. The van der Waals surface area contributed by atoms with Gasteiger partial charge in [0, 0.05) is 16.4 Å². The lowest BCUT2D eigenvalue weighted by Crippen LogP contribution is -2.14. The number of benzene rings is 2. The number of carbonyl (C=O) groups excluding carboxylic acids is 1. The normalized spacial score (nSPS) is 18.8. The summed E-state index contributed by atoms with van der Waals surface area (Å²) in [6.45, 7) is 1.95. The van der Waals surface area contributed by atoms with Gasteiger partial charge in [0.15, 0.2) is 5.13 Å². The minimum atomic E-state index is -0.272. The number of hydrogen-bond acceptors (Lipinski definition) is 3. The molecule has 1 aromatic heterocycles. The lowest BCUT2D eigenvalue weighted by Gasteiger charge is -2.01. The van der Waals surface area contributed by atoms with Gasteiger partial charge in [0.1, 0.15) is 5.82 Å². The Kier molecular flexibility index (Phi) is 4.09. The van der Waals surface area contributed by atoms with Crippen molar-refractivity contribution >= 4 is 22.4 Å². The lowest BCUT2D eigenvalue weighted by atomic mass is 10.1. The number of rotatable bonds is 4. The van der Waals surface area contributed by atoms with E-state index in [0.29, 0.717) is 11.0 Å². The summed E-state index contributed by atoms with van der Waals surface area (Å²) in [6, 6.07) is 16.4. The average molecular weight is 352 g/mol. The molecule has 0 radical (unpaired) electrons. The standard InChI is InChI=1S/C20H17FN2OS/c1-12-18(14-7-9-15(21)10-8-14)22-20(25-12)23-19(24)17-11-16(17)13-5-3-2-4-6-13/h2-10,16-17H,11H2,1H3,(H,22,23,24)/t16-,17-/m0/s1. The smallest absolute Gasteiger partial charge is 0.229 e. The fourth-order valence-corrected chi connectivity index (χ4v) is 3.92. The summed E-state index contributed by atoms with van der Waals surface area (Å²) >= 11 is 1.45. The van der Waals surface area contributed by atoms with Crippen LogP contribution in [0.25, 0.3) is 11.3 Å². The van der Waals surface area contributed by atoms with E-state index < -0.39 is 0 Å². The monoisotopic (exact) mass is 352 g/mol. The van der Waals surface area contributed by atoms with Crippen LogP contribution in [0, 0.1) is 18.7 Å². The van der Waals surface area contributed by atoms with E-state index >= 15 is 0 Å². The van der Waals surface area contributed by atoms with Crippen LogP contribution in [0.3, 0.4) is 0 Å². The van der Waals surface area contributed by atoms with Crippen LogP contribution < -0.4 is 5.32 Å². The van der Waals surface area contributed by atoms with Crippen LogP contribution in [-0.2, 0) is 4.79 Å². The third kappa shape index (κ3) is 3.33. The molecule has 0 unspecified atom stereocenters. The van der Waals surface area contributed by atoms with Crippen molar-refractivity contribution in [3.05, 3.63) is 70.9 Å². The molecule has 0 spiro atoms. The molecule has 2 aromatic carbocycles. The van der Waals surface area contributed by atoms with E-state index in [0.717, 1.165) is 22.6 Å². The Morgan fingerprint density at radius 2 is 1.88 bits per heavy atom. The first-order chi connectivity index (χ1) is 12.1. The first kappa shape index (κ1) is 16.0. The van der Waals surface area contributed by atoms with Crippen molar-refractivity contribution in [1.82, 2.24) is 4.98 Å². The second-order valence-electron chi connectivity index (χ2n) is 6.28. The molecule has 1 amide bonds. The van der Waals surface area contributed by atoms with Crippen LogP contribution in [0.5, 0.6) is 0 Å². The summed E-state index contributed by atoms with van der Waals surface area (Å²) in [5.74, 6) is 0.0683. The molecule has 1 aliphatic carbocycles. The minimum absolute atomic E-state index is 0.0147. The second-order valence-corrected chi connectivity index (χ2v) is 7.48. The number of nitrogens with zero attached hydrogens (tertiary/aromatic N) is 1. The first-order valence-electron chi connectivity index (χ1n) is 8.21. The molecule has 1 fully saturated rings. The number of nitrogens with one attached hydrogen (secondary N) is 1. The SMILES string of the molecule is Cc1sc(NC(=O)[C@H]2C[C@H]2c2ccccc2)nc1-c1ccc(F)cc1. The van der Waals surface area contributed by atoms with Crippen LogP contribution in [0.1, 0.15) is 22.8 Å². The van der Waals surface area contributed by atoms with E-state index in [4.69, 9.17) is 0 Å². The largest absolute Gasteiger partial charge is 0.302 e. The summed E-state index contributed by atoms with van der Waals surface area (Å²) in [6.07, 6.45) is 0.880. The molecule has 0 saturated heterocycles. The summed E-state index contributed by atoms with van der Waals surface area (Å²) in [5, 5.41) is 3.54. The zero-order valence-electron chi connectivity index (χ0n) is 13.7. The molecule has 5 heteroatoms. The van der Waals surface area contributed by atoms with Gasteiger partial charge in [0.2, 0.25) is 5.91 Å². The molecule has 2 atom stereocenters. The van der Waals surface area contributed by atoms with Crippen LogP contribution in [0.4, 0.5) is 9.52 Å². The Balaban J connectivity index is 1.46. The molecular weight excluding hydrogens is 335 g/mol. The van der Waals surface area contributed by atoms with Crippen molar-refractivity contribution in [2.45, 2.75) is 19.3 Å². The van der Waals surface area contributed by atoms with Gasteiger partial charge in [0.25, 0.3) is 0 Å². The van der Waals surface area contributed by atoms with Gasteiger partial charge in [-0.3, -0.25) is 4.79 Å². The molecule has 1 N–H and O–H groups in total. The first-order valence-corrected chi connectivity index (χ1v) is 9.02. The highest BCUT2D eigenvalue weighted by atomic mass is 32.1. The summed E-state index contributed by atoms with van der Waals surface area (Å²) in [7, 11) is 0. The molecular formula is C20H17FN2OS. The van der Waals surface area contributed by atoms with Gasteiger partial charge in [-0.15, -0.1) is 11.3 Å². The maximum absolute atomic E-state index is 13.1. The Bertz CT molecular complexity index is 905. The van der Waals surface area contributed by atoms with E-state index in [9.17, 15) is 9.18 Å². The van der Waals surface area contributed by atoms with E-state index in [-0.39, 0.29) is 17.6 Å². The average Bonchev–Trinajstić information content (AvgIpc) is 3.35. The van der Waals surface area contributed by atoms with Crippen molar-refractivity contribution in [2.75, 3.05) is 5.32 Å². The van der Waals surface area contributed by atoms with E-state index in [1.165, 1.54) is 29.0 Å². The fourth-order valence-electron chi connectivity index (χ4n) is 3.08. The van der Waals surface area contributed by atoms with E-state index in [1.807, 2.05) is 25.1 Å². The van der Waals surface area contributed by atoms with Gasteiger partial charge in [-0.1, -0.05) is 30.3 Å². The summed E-state index contributed by atoms with van der Waals surface area (Å²) in [4.78, 5) is 18.0. The fraction of sp³-hybridized carbons (Fsp3) is 0.200. The predicted molar refractivity (Wildman–Crippen MR) is 98.2 cm³/mol. The number of carbonyl (C=O) groups is 1. The molecule has 1 heterocycles. The molecule has 1 aliphatic rings. The Morgan fingerprint density at radius 3 is 2.60 bits per heavy atom. The molecule has 126 valence electrons. The van der Waals surface area contributed by atoms with Gasteiger partial charge >= 0.3 is 0 Å². The molecule has 4 rings (SSSR count). The van der Waals surface area contributed by atoms with Gasteiger partial charge in [-0.2, -0.15) is 0 Å². The molecule has 0 bridgehead atoms. The number of anilines is 1. The van der Waals surface area contributed by atoms with Gasteiger partial charge in [-0.25, -0.2) is 9.37 Å². The van der Waals surface area contributed by atoms with Crippen molar-refractivity contribution in [2.24, 2.45) is 5.92 Å². The Hall–Kier alpha value is -2.53. The molecule has 0 aliphatic heterocycles. The Labute approximate surface area is 149 Å². The number of hydrogen-bond donors (Lipinski definition) is 1. The molecule has 1 saturated carbocycles. The number of amides is 1. The maximum Gasteiger partial charge on any atom is 0.229 e. The number of thiazole rings is 1. The highest BCUT2D eigenvalue weighted by Gasteiger charge is 2.44. The van der Waals surface area contributed by atoms with Crippen molar-refractivity contribution < 1.29 is 9.18 Å². The van der Waals surface area contributed by atoms with Crippen LogP contribution in [0.15, 0.2) is 54.6 Å². The predicted octanol–water partition coefficient (Wildman–Crippen LogP) is 5.00. The zero-order chi connectivity index (χ0) is 17.4. The van der Waals surface area contributed by atoms with Crippen LogP contribution in [-0.4, -0.2) is 10.9 Å². The topological polar surface area (TPSA) is 42.0 Å². The quantitative estimate of drug-likeness (QED) is 0.718. The number of aromatic nitrogens is 1. The Morgan fingerprint density at radius 1 is 1.16 bits per heavy atom. The van der Waals surface area contributed by atoms with Crippen molar-refractivity contribution in [3.63, 3.8) is 0 Å². The molecule has 3 nitrogen and oxygen atoms in total. The zero-order valence-corrected chi connectivity index (χ0v) is 14.5. The van der Waals surface area contributed by atoms with Crippen LogP contribution >= 0.6 is 11.3 Å². The van der Waals surface area contributed by atoms with Crippen molar-refractivity contribution in [3.8, 4) is 11.3 Å². The molecule has 3 aromatic rings. The minimum Gasteiger partial charge on any atom is -0.302 e. The number of halogens is 1. The van der Waals surface area contributed by atoms with E-state index in [2.05, 4.69) is 22.4 Å². The maximum atomic E-state index is 13.1. The summed E-state index contributed by atoms with van der Waals surface area (Å²) in [5.41, 5.74) is 2.85. The highest BCUT2D eigenvalue weighted by Crippen LogP contribution is 2.48. The lowest BCUT2D eigenvalue weighted by molar-refractivity contribution is -0.117. The van der Waals surface area contributed by atoms with Gasteiger partial charge < -0.3 is 5.32 Å². The molecule has 25 heavy (non-hydrogen) atoms. The third-order valence-electron chi connectivity index (χ3n) is 4.50. The highest BCUT2D eigenvalue weighted by molar-refractivity contribution is 7.16. The second kappa shape index (κ2) is 6.41. The number of aryl methyl sites for hydroxylation is 1. The summed E-state index contributed by atoms with van der Waals surface area (Å²) < 4.78 is 13.1.